The summed E-state index contributed by atoms with van der Waals surface area (Å²) in [4.78, 5) is 2.34. The molecule has 0 unspecified atom stereocenters. The normalized spacial score (nSPS) is 11.0. The molecule has 0 fully saturated rings. The summed E-state index contributed by atoms with van der Waals surface area (Å²) in [6.45, 7) is 0. The van der Waals surface area contributed by atoms with Gasteiger partial charge in [0, 0.05) is 27.9 Å². The first-order valence-corrected chi connectivity index (χ1v) is 15.6. The van der Waals surface area contributed by atoms with Crippen LogP contribution in [0, 0.1) is 0 Å². The highest BCUT2D eigenvalue weighted by Gasteiger charge is 2.18. The summed E-state index contributed by atoms with van der Waals surface area (Å²) < 4.78 is 6.28. The Hall–Kier alpha value is -6.12. The minimum Gasteiger partial charge on any atom is -0.456 e. The van der Waals surface area contributed by atoms with Crippen LogP contribution >= 0.6 is 0 Å². The van der Waals surface area contributed by atoms with E-state index in [1.807, 2.05) is 18.2 Å². The number of benzene rings is 7. The van der Waals surface area contributed by atoms with E-state index < -0.39 is 0 Å². The Morgan fingerprint density at radius 3 is 1.59 bits per heavy atom. The maximum Gasteiger partial charge on any atom is 0.135 e. The number of para-hydroxylation sites is 2. The van der Waals surface area contributed by atoms with Gasteiger partial charge >= 0.3 is 0 Å². The highest BCUT2D eigenvalue weighted by atomic mass is 16.3. The number of rotatable bonds is 7. The van der Waals surface area contributed by atoms with E-state index in [0.29, 0.717) is 0 Å². The summed E-state index contributed by atoms with van der Waals surface area (Å²) in [5, 5.41) is 1.10. The molecule has 0 atom stereocenters. The van der Waals surface area contributed by atoms with Crippen molar-refractivity contribution in [3.63, 3.8) is 0 Å². The smallest absolute Gasteiger partial charge is 0.135 e. The largest absolute Gasteiger partial charge is 0.456 e. The number of hydrogen-bond acceptors (Lipinski definition) is 2. The Morgan fingerprint density at radius 1 is 0.348 bits per heavy atom. The maximum absolute atomic E-state index is 6.28. The van der Waals surface area contributed by atoms with Gasteiger partial charge in [-0.2, -0.15) is 0 Å². The molecule has 0 aliphatic rings. The molecule has 2 nitrogen and oxygen atoms in total. The minimum absolute atomic E-state index is 0.855. The molecule has 218 valence electrons. The molecule has 8 rings (SSSR count). The number of fused-ring (bicyclic) bond motifs is 1. The molecule has 0 aliphatic carbocycles. The minimum atomic E-state index is 0.855. The van der Waals surface area contributed by atoms with Gasteiger partial charge in [-0.15, -0.1) is 0 Å². The van der Waals surface area contributed by atoms with Gasteiger partial charge in [-0.05, 0) is 70.3 Å². The summed E-state index contributed by atoms with van der Waals surface area (Å²) in [6, 6.07) is 66.3. The van der Waals surface area contributed by atoms with Crippen LogP contribution in [0.3, 0.4) is 0 Å². The molecular weight excluding hydrogens is 558 g/mol. The lowest BCUT2D eigenvalue weighted by molar-refractivity contribution is 0.631. The Balaban J connectivity index is 1.21. The number of furan rings is 1. The van der Waals surface area contributed by atoms with Gasteiger partial charge in [-0.25, -0.2) is 0 Å². The Morgan fingerprint density at radius 2 is 0.891 bits per heavy atom. The Bertz CT molecular complexity index is 2200. The molecule has 8 aromatic rings. The summed E-state index contributed by atoms with van der Waals surface area (Å²) in [6.07, 6.45) is 0. The fraction of sp³-hybridized carbons (Fsp3) is 0. The summed E-state index contributed by atoms with van der Waals surface area (Å²) >= 11 is 0. The highest BCUT2D eigenvalue weighted by molar-refractivity contribution is 5.90. The summed E-state index contributed by atoms with van der Waals surface area (Å²) in [5.74, 6) is 0.855. The summed E-state index contributed by atoms with van der Waals surface area (Å²) in [5.41, 5.74) is 12.3. The van der Waals surface area contributed by atoms with E-state index in [9.17, 15) is 0 Å². The lowest BCUT2D eigenvalue weighted by atomic mass is 9.99. The second kappa shape index (κ2) is 12.1. The van der Waals surface area contributed by atoms with Crippen LogP contribution in [0.5, 0.6) is 0 Å². The highest BCUT2D eigenvalue weighted by Crippen LogP contribution is 2.42. The van der Waals surface area contributed by atoms with Gasteiger partial charge in [0.1, 0.15) is 11.3 Å². The zero-order valence-electron chi connectivity index (χ0n) is 25.3. The van der Waals surface area contributed by atoms with Gasteiger partial charge < -0.3 is 9.32 Å². The van der Waals surface area contributed by atoms with E-state index in [2.05, 4.69) is 175 Å². The third-order valence-electron chi connectivity index (χ3n) is 8.49. The van der Waals surface area contributed by atoms with Gasteiger partial charge in [-0.3, -0.25) is 0 Å². The van der Waals surface area contributed by atoms with Crippen LogP contribution in [0.4, 0.5) is 17.1 Å². The molecule has 0 spiro atoms. The van der Waals surface area contributed by atoms with Crippen LogP contribution in [0.2, 0.25) is 0 Å². The average molecular weight is 590 g/mol. The van der Waals surface area contributed by atoms with Crippen LogP contribution in [-0.2, 0) is 0 Å². The van der Waals surface area contributed by atoms with Gasteiger partial charge in [0.2, 0.25) is 0 Å². The monoisotopic (exact) mass is 589 g/mol. The Labute approximate surface area is 269 Å². The van der Waals surface area contributed by atoms with E-state index >= 15 is 0 Å². The molecule has 0 saturated carbocycles. The molecule has 0 amide bonds. The fourth-order valence-corrected chi connectivity index (χ4v) is 6.17. The van der Waals surface area contributed by atoms with Crippen LogP contribution in [0.15, 0.2) is 192 Å². The molecule has 0 radical (unpaired) electrons. The van der Waals surface area contributed by atoms with Crippen LogP contribution in [-0.4, -0.2) is 0 Å². The van der Waals surface area contributed by atoms with Crippen LogP contribution in [0.1, 0.15) is 0 Å². The fourth-order valence-electron chi connectivity index (χ4n) is 6.17. The quantitative estimate of drug-likeness (QED) is 0.184. The number of anilines is 3. The lowest BCUT2D eigenvalue weighted by Crippen LogP contribution is -2.11. The predicted octanol–water partition coefficient (Wildman–Crippen LogP) is 12.6. The van der Waals surface area contributed by atoms with Gasteiger partial charge in [0.15, 0.2) is 0 Å². The molecule has 0 bridgehead atoms. The molecule has 1 aromatic heterocycles. The first-order valence-electron chi connectivity index (χ1n) is 15.6. The van der Waals surface area contributed by atoms with Crippen molar-refractivity contribution in [3.05, 3.63) is 188 Å². The predicted molar refractivity (Wildman–Crippen MR) is 193 cm³/mol. The van der Waals surface area contributed by atoms with Crippen molar-refractivity contribution in [1.82, 2.24) is 0 Å². The first-order chi connectivity index (χ1) is 22.8. The van der Waals surface area contributed by atoms with E-state index in [-0.39, 0.29) is 0 Å². The molecule has 46 heavy (non-hydrogen) atoms. The van der Waals surface area contributed by atoms with E-state index in [1.54, 1.807) is 0 Å². The Kier molecular flexibility index (Phi) is 7.22. The molecule has 0 aliphatic heterocycles. The van der Waals surface area contributed by atoms with Crippen molar-refractivity contribution < 1.29 is 4.42 Å². The second-order valence-corrected chi connectivity index (χ2v) is 11.4. The van der Waals surface area contributed by atoms with Crippen LogP contribution < -0.4 is 4.90 Å². The zero-order chi connectivity index (χ0) is 30.7. The van der Waals surface area contributed by atoms with E-state index in [4.69, 9.17) is 4.42 Å². The molecular formula is C44H31NO. The van der Waals surface area contributed by atoms with E-state index in [0.717, 1.165) is 44.9 Å². The van der Waals surface area contributed by atoms with Crippen LogP contribution in [0.25, 0.3) is 55.7 Å². The van der Waals surface area contributed by atoms with Crippen molar-refractivity contribution in [2.75, 3.05) is 4.90 Å². The van der Waals surface area contributed by atoms with Gasteiger partial charge in [-0.1, -0.05) is 146 Å². The summed E-state index contributed by atoms with van der Waals surface area (Å²) in [7, 11) is 0. The topological polar surface area (TPSA) is 16.4 Å². The van der Waals surface area contributed by atoms with Gasteiger partial charge in [0.05, 0.1) is 5.69 Å². The zero-order valence-corrected chi connectivity index (χ0v) is 25.3. The maximum atomic E-state index is 6.28. The number of nitrogens with zero attached hydrogens (tertiary/aromatic N) is 1. The van der Waals surface area contributed by atoms with Crippen molar-refractivity contribution in [2.45, 2.75) is 0 Å². The molecule has 7 aromatic carbocycles. The number of hydrogen-bond donors (Lipinski definition) is 0. The van der Waals surface area contributed by atoms with Gasteiger partial charge in [0.25, 0.3) is 0 Å². The molecule has 1 heterocycles. The average Bonchev–Trinajstić information content (AvgIpc) is 3.58. The SMILES string of the molecule is c1ccc(-c2ccc(-c3ccc(N(c4cccc(-c5cc6ccccc6o5)c4)c4ccccc4-c4ccccc4)cc3)cc2)cc1. The molecule has 2 heteroatoms. The first kappa shape index (κ1) is 27.4. The molecule has 0 N–H and O–H groups in total. The van der Waals surface area contributed by atoms with Crippen molar-refractivity contribution >= 4 is 28.0 Å². The van der Waals surface area contributed by atoms with Crippen molar-refractivity contribution in [1.29, 1.82) is 0 Å². The molecule has 0 saturated heterocycles. The van der Waals surface area contributed by atoms with Crippen molar-refractivity contribution in [2.24, 2.45) is 0 Å². The third-order valence-corrected chi connectivity index (χ3v) is 8.49. The van der Waals surface area contributed by atoms with Crippen molar-refractivity contribution in [3.8, 4) is 44.7 Å². The lowest BCUT2D eigenvalue weighted by Gasteiger charge is -2.28. The second-order valence-electron chi connectivity index (χ2n) is 11.4. The standard InChI is InChI=1S/C44H31NO/c1-3-12-32(13-4-1)33-22-24-34(25-23-33)35-26-28-39(29-27-35)45(42-20-9-8-19-41(42)36-14-5-2-6-15-36)40-18-11-17-37(30-40)44-31-38-16-7-10-21-43(38)46-44/h1-31H. The van der Waals surface area contributed by atoms with E-state index in [1.165, 1.54) is 27.8 Å². The third kappa shape index (κ3) is 5.38.